The first-order valence-electron chi connectivity index (χ1n) is 6.91. The van der Waals surface area contributed by atoms with Crippen molar-refractivity contribution >= 4 is 33.2 Å². The summed E-state index contributed by atoms with van der Waals surface area (Å²) >= 11 is 5.18. The number of nitrogens with zero attached hydrogens (tertiary/aromatic N) is 1. The summed E-state index contributed by atoms with van der Waals surface area (Å²) < 4.78 is 1.13. The van der Waals surface area contributed by atoms with E-state index in [0.717, 1.165) is 42.8 Å². The van der Waals surface area contributed by atoms with E-state index in [1.807, 2.05) is 11.0 Å². The second kappa shape index (κ2) is 7.41. The number of rotatable bonds is 5. The van der Waals surface area contributed by atoms with Gasteiger partial charge in [0, 0.05) is 17.8 Å². The second-order valence-corrected chi connectivity index (χ2v) is 7.56. The molecule has 3 nitrogen and oxygen atoms in total. The molecule has 1 aromatic rings. The van der Waals surface area contributed by atoms with Gasteiger partial charge in [-0.25, -0.2) is 0 Å². The molecule has 1 aliphatic heterocycles. The summed E-state index contributed by atoms with van der Waals surface area (Å²) in [6.07, 6.45) is 2.98. The van der Waals surface area contributed by atoms with E-state index in [1.54, 1.807) is 11.3 Å². The van der Waals surface area contributed by atoms with Gasteiger partial charge in [-0.15, -0.1) is 11.3 Å². The lowest BCUT2D eigenvalue weighted by Gasteiger charge is -2.26. The van der Waals surface area contributed by atoms with Gasteiger partial charge in [-0.2, -0.15) is 0 Å². The van der Waals surface area contributed by atoms with Gasteiger partial charge in [-0.05, 0) is 66.8 Å². The predicted octanol–water partition coefficient (Wildman–Crippen LogP) is 3.25. The van der Waals surface area contributed by atoms with Gasteiger partial charge in [0.1, 0.15) is 0 Å². The van der Waals surface area contributed by atoms with E-state index in [2.05, 4.69) is 34.2 Å². The molecule has 106 valence electrons. The molecule has 0 unspecified atom stereocenters. The number of carbonyl (C=O) groups is 1. The molecule has 19 heavy (non-hydrogen) atoms. The molecule has 0 bridgehead atoms. The van der Waals surface area contributed by atoms with Crippen molar-refractivity contribution < 1.29 is 4.79 Å². The molecule has 1 aromatic heterocycles. The van der Waals surface area contributed by atoms with Crippen LogP contribution in [0, 0.1) is 5.92 Å². The average Bonchev–Trinajstić information content (AvgIpc) is 2.82. The second-order valence-electron chi connectivity index (χ2n) is 5.01. The summed E-state index contributed by atoms with van der Waals surface area (Å²) in [7, 11) is 0. The Labute approximate surface area is 127 Å². The number of carbonyl (C=O) groups excluding carboxylic acids is 1. The molecular weight excluding hydrogens is 324 g/mol. The van der Waals surface area contributed by atoms with Gasteiger partial charge in [-0.3, -0.25) is 4.79 Å². The van der Waals surface area contributed by atoms with Crippen LogP contribution in [0.1, 0.15) is 31.1 Å². The highest BCUT2D eigenvalue weighted by Gasteiger charge is 2.20. The Morgan fingerprint density at radius 3 is 2.79 bits per heavy atom. The Morgan fingerprint density at radius 2 is 2.21 bits per heavy atom. The first-order chi connectivity index (χ1) is 9.19. The molecule has 0 atom stereocenters. The number of halogens is 1. The van der Waals surface area contributed by atoms with Gasteiger partial charge in [0.15, 0.2) is 0 Å². The SMILES string of the molecule is CCN(Cc1ccc(Br)s1)C(=O)CC1CCNCC1. The fourth-order valence-corrected chi connectivity index (χ4v) is 3.96. The van der Waals surface area contributed by atoms with Gasteiger partial charge in [0.25, 0.3) is 0 Å². The fourth-order valence-electron chi connectivity index (χ4n) is 2.46. The maximum Gasteiger partial charge on any atom is 0.223 e. The van der Waals surface area contributed by atoms with Gasteiger partial charge < -0.3 is 10.2 Å². The molecule has 1 fully saturated rings. The lowest BCUT2D eigenvalue weighted by molar-refractivity contribution is -0.132. The summed E-state index contributed by atoms with van der Waals surface area (Å²) in [6.45, 7) is 5.71. The fraction of sp³-hybridized carbons (Fsp3) is 0.643. The van der Waals surface area contributed by atoms with E-state index in [9.17, 15) is 4.79 Å². The summed E-state index contributed by atoms with van der Waals surface area (Å²) in [4.78, 5) is 15.6. The third kappa shape index (κ3) is 4.58. The molecule has 2 heterocycles. The van der Waals surface area contributed by atoms with Crippen molar-refractivity contribution in [2.75, 3.05) is 19.6 Å². The first kappa shape index (κ1) is 15.0. The summed E-state index contributed by atoms with van der Waals surface area (Å²) in [5, 5.41) is 3.35. The monoisotopic (exact) mass is 344 g/mol. The van der Waals surface area contributed by atoms with Crippen LogP contribution in [0.2, 0.25) is 0 Å². The number of hydrogen-bond donors (Lipinski definition) is 1. The van der Waals surface area contributed by atoms with Gasteiger partial charge >= 0.3 is 0 Å². The number of thiophene rings is 1. The number of amides is 1. The lowest BCUT2D eigenvalue weighted by atomic mass is 9.94. The average molecular weight is 345 g/mol. The van der Waals surface area contributed by atoms with Gasteiger partial charge in [0.05, 0.1) is 10.3 Å². The van der Waals surface area contributed by atoms with Crippen LogP contribution in [0.5, 0.6) is 0 Å². The Morgan fingerprint density at radius 1 is 1.47 bits per heavy atom. The largest absolute Gasteiger partial charge is 0.338 e. The Kier molecular flexibility index (Phi) is 5.85. The zero-order chi connectivity index (χ0) is 13.7. The quantitative estimate of drug-likeness (QED) is 0.889. The van der Waals surface area contributed by atoms with Crippen molar-refractivity contribution in [1.29, 1.82) is 0 Å². The van der Waals surface area contributed by atoms with Crippen molar-refractivity contribution in [2.24, 2.45) is 5.92 Å². The lowest BCUT2D eigenvalue weighted by Crippen LogP contribution is -2.34. The van der Waals surface area contributed by atoms with E-state index in [0.29, 0.717) is 18.2 Å². The molecule has 0 aromatic carbocycles. The summed E-state index contributed by atoms with van der Waals surface area (Å²) in [5.74, 6) is 0.872. The van der Waals surface area contributed by atoms with Crippen LogP contribution in [-0.2, 0) is 11.3 Å². The minimum atomic E-state index is 0.305. The van der Waals surface area contributed by atoms with Crippen molar-refractivity contribution in [3.8, 4) is 0 Å². The number of hydrogen-bond acceptors (Lipinski definition) is 3. The highest BCUT2D eigenvalue weighted by atomic mass is 79.9. The van der Waals surface area contributed by atoms with Crippen LogP contribution in [-0.4, -0.2) is 30.4 Å². The maximum atomic E-state index is 12.4. The summed E-state index contributed by atoms with van der Waals surface area (Å²) in [5.41, 5.74) is 0. The standard InChI is InChI=1S/C14H21BrN2OS/c1-2-17(10-12-3-4-13(15)19-12)14(18)9-11-5-7-16-8-6-11/h3-4,11,16H,2,5-10H2,1H3. The highest BCUT2D eigenvalue weighted by Crippen LogP contribution is 2.24. The third-order valence-corrected chi connectivity index (χ3v) is 5.24. The van der Waals surface area contributed by atoms with Gasteiger partial charge in [-0.1, -0.05) is 0 Å². The maximum absolute atomic E-state index is 12.4. The molecule has 1 saturated heterocycles. The van der Waals surface area contributed by atoms with Crippen LogP contribution in [0.3, 0.4) is 0 Å². The molecule has 0 aliphatic carbocycles. The molecular formula is C14H21BrN2OS. The molecule has 1 N–H and O–H groups in total. The zero-order valence-corrected chi connectivity index (χ0v) is 13.7. The van der Waals surface area contributed by atoms with E-state index in [-0.39, 0.29) is 0 Å². The molecule has 2 rings (SSSR count). The molecule has 0 saturated carbocycles. The first-order valence-corrected chi connectivity index (χ1v) is 8.52. The topological polar surface area (TPSA) is 32.3 Å². The Balaban J connectivity index is 1.87. The van der Waals surface area contributed by atoms with Crippen LogP contribution in [0.4, 0.5) is 0 Å². The van der Waals surface area contributed by atoms with Crippen LogP contribution in [0.25, 0.3) is 0 Å². The van der Waals surface area contributed by atoms with Crippen molar-refractivity contribution in [2.45, 2.75) is 32.7 Å². The van der Waals surface area contributed by atoms with Crippen molar-refractivity contribution in [3.05, 3.63) is 20.8 Å². The normalized spacial score (nSPS) is 16.5. The Bertz CT molecular complexity index is 415. The van der Waals surface area contributed by atoms with E-state index in [4.69, 9.17) is 0 Å². The highest BCUT2D eigenvalue weighted by molar-refractivity contribution is 9.11. The Hall–Kier alpha value is -0.390. The molecule has 0 spiro atoms. The van der Waals surface area contributed by atoms with E-state index in [1.165, 1.54) is 4.88 Å². The third-order valence-electron chi connectivity index (χ3n) is 3.63. The summed E-state index contributed by atoms with van der Waals surface area (Å²) in [6, 6.07) is 4.14. The predicted molar refractivity (Wildman–Crippen MR) is 83.3 cm³/mol. The molecule has 1 amide bonds. The minimum Gasteiger partial charge on any atom is -0.338 e. The number of nitrogens with one attached hydrogen (secondary N) is 1. The van der Waals surface area contributed by atoms with E-state index < -0.39 is 0 Å². The zero-order valence-electron chi connectivity index (χ0n) is 11.3. The van der Waals surface area contributed by atoms with Crippen molar-refractivity contribution in [1.82, 2.24) is 10.2 Å². The van der Waals surface area contributed by atoms with E-state index >= 15 is 0 Å². The minimum absolute atomic E-state index is 0.305. The van der Waals surface area contributed by atoms with Crippen LogP contribution in [0.15, 0.2) is 15.9 Å². The molecule has 0 radical (unpaired) electrons. The molecule has 1 aliphatic rings. The van der Waals surface area contributed by atoms with Crippen LogP contribution < -0.4 is 5.32 Å². The smallest absolute Gasteiger partial charge is 0.223 e. The van der Waals surface area contributed by atoms with Crippen LogP contribution >= 0.6 is 27.3 Å². The molecule has 5 heteroatoms. The van der Waals surface area contributed by atoms with Crippen molar-refractivity contribution in [3.63, 3.8) is 0 Å². The number of piperidine rings is 1. The van der Waals surface area contributed by atoms with Gasteiger partial charge in [0.2, 0.25) is 5.91 Å².